The summed E-state index contributed by atoms with van der Waals surface area (Å²) in [6.45, 7) is 2.20. The molecule has 252 valence electrons. The third-order valence-corrected chi connectivity index (χ3v) is 10.1. The van der Waals surface area contributed by atoms with Crippen LogP contribution in [-0.4, -0.2) is 15.0 Å². The number of furan rings is 2. The van der Waals surface area contributed by atoms with Crippen LogP contribution in [0.5, 0.6) is 0 Å². The molecule has 53 heavy (non-hydrogen) atoms. The van der Waals surface area contributed by atoms with Crippen molar-refractivity contribution in [1.29, 1.82) is 0 Å². The van der Waals surface area contributed by atoms with E-state index in [4.69, 9.17) is 23.8 Å². The minimum atomic E-state index is 0.586. The molecule has 7 aromatic carbocycles. The van der Waals surface area contributed by atoms with Crippen molar-refractivity contribution in [3.05, 3.63) is 157 Å². The Hall–Kier alpha value is -6.85. The number of aromatic nitrogens is 3. The Morgan fingerprint density at radius 1 is 0.472 bits per heavy atom. The number of benzene rings is 7. The van der Waals surface area contributed by atoms with Crippen molar-refractivity contribution in [3.63, 3.8) is 0 Å². The minimum Gasteiger partial charge on any atom is -0.456 e. The first kappa shape index (κ1) is 30.9. The van der Waals surface area contributed by atoms with E-state index in [9.17, 15) is 0 Å². The number of rotatable bonds is 7. The van der Waals surface area contributed by atoms with Crippen molar-refractivity contribution in [1.82, 2.24) is 15.0 Å². The minimum absolute atomic E-state index is 0.586. The summed E-state index contributed by atoms with van der Waals surface area (Å²) < 4.78 is 12.9. The van der Waals surface area contributed by atoms with Gasteiger partial charge in [-0.25, -0.2) is 15.0 Å². The fourth-order valence-electron chi connectivity index (χ4n) is 7.53. The van der Waals surface area contributed by atoms with Crippen LogP contribution in [0, 0.1) is 0 Å². The van der Waals surface area contributed by atoms with Gasteiger partial charge in [-0.3, -0.25) is 0 Å². The highest BCUT2D eigenvalue weighted by Gasteiger charge is 2.20. The molecule has 10 aromatic rings. The number of fused-ring (bicyclic) bond motifs is 7. The van der Waals surface area contributed by atoms with E-state index < -0.39 is 0 Å². The largest absolute Gasteiger partial charge is 0.456 e. The Morgan fingerprint density at radius 3 is 2.02 bits per heavy atom. The lowest BCUT2D eigenvalue weighted by atomic mass is 9.98. The van der Waals surface area contributed by atoms with Crippen molar-refractivity contribution in [2.75, 3.05) is 0 Å². The Bertz CT molecular complexity index is 3030. The highest BCUT2D eigenvalue weighted by molar-refractivity contribution is 6.14. The van der Waals surface area contributed by atoms with Gasteiger partial charge in [-0.05, 0) is 58.7 Å². The Balaban J connectivity index is 1.19. The van der Waals surface area contributed by atoms with E-state index in [0.29, 0.717) is 17.5 Å². The molecule has 3 heterocycles. The SMILES string of the molecule is CCC/C=C\c1ccc(-c2nc(-c3ccccc3)nc(-c3cccc4oc5ccc(-c6cccc7c6oc6ccccc67)cc5c34)n2)c2ccccc12. The second kappa shape index (κ2) is 12.7. The summed E-state index contributed by atoms with van der Waals surface area (Å²) in [5, 5.41) is 6.40. The molecule has 0 bridgehead atoms. The van der Waals surface area contributed by atoms with Crippen LogP contribution in [-0.2, 0) is 0 Å². The molecule has 0 saturated heterocycles. The number of hydrogen-bond acceptors (Lipinski definition) is 5. The Labute approximate surface area is 305 Å². The number of nitrogens with zero attached hydrogens (tertiary/aromatic N) is 3. The van der Waals surface area contributed by atoms with E-state index in [0.717, 1.165) is 95.3 Å². The number of allylic oxidation sites excluding steroid dienone is 1. The molecule has 0 aliphatic rings. The molecule has 0 unspecified atom stereocenters. The fourth-order valence-corrected chi connectivity index (χ4v) is 7.53. The zero-order valence-electron chi connectivity index (χ0n) is 29.1. The summed E-state index contributed by atoms with van der Waals surface area (Å²) in [6.07, 6.45) is 6.62. The van der Waals surface area contributed by atoms with Gasteiger partial charge < -0.3 is 8.83 Å². The van der Waals surface area contributed by atoms with Gasteiger partial charge in [0.15, 0.2) is 17.5 Å². The molecule has 0 radical (unpaired) electrons. The summed E-state index contributed by atoms with van der Waals surface area (Å²) in [6, 6.07) is 49.9. The Kier molecular flexibility index (Phi) is 7.43. The number of para-hydroxylation sites is 2. The molecule has 0 amide bonds. The van der Waals surface area contributed by atoms with Crippen LogP contribution >= 0.6 is 0 Å². The van der Waals surface area contributed by atoms with Crippen molar-refractivity contribution >= 4 is 60.7 Å². The molecule has 0 N–H and O–H groups in total. The van der Waals surface area contributed by atoms with Gasteiger partial charge in [-0.1, -0.05) is 141 Å². The summed E-state index contributed by atoms with van der Waals surface area (Å²) in [7, 11) is 0. The maximum atomic E-state index is 6.48. The van der Waals surface area contributed by atoms with Crippen LogP contribution in [0.2, 0.25) is 0 Å². The van der Waals surface area contributed by atoms with E-state index in [2.05, 4.69) is 104 Å². The van der Waals surface area contributed by atoms with Gasteiger partial charge in [0.05, 0.1) is 0 Å². The molecular formula is C48H33N3O2. The Morgan fingerprint density at radius 2 is 1.15 bits per heavy atom. The van der Waals surface area contributed by atoms with E-state index in [-0.39, 0.29) is 0 Å². The van der Waals surface area contributed by atoms with E-state index >= 15 is 0 Å². The van der Waals surface area contributed by atoms with Gasteiger partial charge in [0.25, 0.3) is 0 Å². The predicted molar refractivity (Wildman–Crippen MR) is 218 cm³/mol. The molecule has 5 heteroatoms. The normalized spacial score (nSPS) is 11.9. The highest BCUT2D eigenvalue weighted by atomic mass is 16.3. The third-order valence-electron chi connectivity index (χ3n) is 10.1. The first-order valence-electron chi connectivity index (χ1n) is 18.1. The van der Waals surface area contributed by atoms with Crippen molar-refractivity contribution in [2.45, 2.75) is 19.8 Å². The molecule has 0 aliphatic carbocycles. The molecule has 10 rings (SSSR count). The average molecular weight is 684 g/mol. The first-order valence-corrected chi connectivity index (χ1v) is 18.1. The van der Waals surface area contributed by atoms with Gasteiger partial charge in [0.2, 0.25) is 0 Å². The van der Waals surface area contributed by atoms with Crippen LogP contribution in [0.1, 0.15) is 25.3 Å². The number of hydrogen-bond donors (Lipinski definition) is 0. The van der Waals surface area contributed by atoms with Gasteiger partial charge in [0, 0.05) is 43.8 Å². The van der Waals surface area contributed by atoms with E-state index in [1.54, 1.807) is 0 Å². The van der Waals surface area contributed by atoms with Gasteiger partial charge in [0.1, 0.15) is 22.3 Å². The standard InChI is InChI=1S/C48H33N3O2/c1-2-3-5-14-30-25-27-38(35-18-9-8-17-33(30)35)47-49-46(31-15-6-4-7-16-31)50-48(51-47)39-22-13-24-43-44(39)40-29-32(26-28-42(40)52-43)34-20-12-21-37-36-19-10-11-23-41(36)53-45(34)37/h4-29H,2-3H2,1H3/b14-5-. The van der Waals surface area contributed by atoms with Crippen LogP contribution in [0.3, 0.4) is 0 Å². The van der Waals surface area contributed by atoms with Crippen molar-refractivity contribution < 1.29 is 8.83 Å². The fraction of sp³-hybridized carbons (Fsp3) is 0.0625. The molecule has 3 aromatic heterocycles. The summed E-state index contributed by atoms with van der Waals surface area (Å²) in [5.74, 6) is 1.82. The topological polar surface area (TPSA) is 65.0 Å². The average Bonchev–Trinajstić information content (AvgIpc) is 3.79. The van der Waals surface area contributed by atoms with E-state index in [1.165, 1.54) is 5.56 Å². The maximum absolute atomic E-state index is 6.48. The van der Waals surface area contributed by atoms with Crippen LogP contribution in [0.25, 0.3) is 106 Å². The van der Waals surface area contributed by atoms with Gasteiger partial charge >= 0.3 is 0 Å². The van der Waals surface area contributed by atoms with Crippen LogP contribution in [0.4, 0.5) is 0 Å². The quantitative estimate of drug-likeness (QED) is 0.167. The van der Waals surface area contributed by atoms with Crippen molar-refractivity contribution in [3.8, 4) is 45.3 Å². The molecule has 5 nitrogen and oxygen atoms in total. The van der Waals surface area contributed by atoms with E-state index in [1.807, 2.05) is 60.7 Å². The predicted octanol–water partition coefficient (Wildman–Crippen LogP) is 13.3. The summed E-state index contributed by atoms with van der Waals surface area (Å²) in [5.41, 5.74) is 9.32. The van der Waals surface area contributed by atoms with Gasteiger partial charge in [-0.2, -0.15) is 0 Å². The smallest absolute Gasteiger partial charge is 0.164 e. The lowest BCUT2D eigenvalue weighted by Gasteiger charge is -2.12. The van der Waals surface area contributed by atoms with Crippen LogP contribution < -0.4 is 0 Å². The van der Waals surface area contributed by atoms with Crippen LogP contribution in [0.15, 0.2) is 161 Å². The lowest BCUT2D eigenvalue weighted by Crippen LogP contribution is -2.01. The molecule has 0 atom stereocenters. The monoisotopic (exact) mass is 683 g/mol. The van der Waals surface area contributed by atoms with Gasteiger partial charge in [-0.15, -0.1) is 0 Å². The van der Waals surface area contributed by atoms with Crippen molar-refractivity contribution in [2.24, 2.45) is 0 Å². The zero-order valence-corrected chi connectivity index (χ0v) is 29.1. The summed E-state index contributed by atoms with van der Waals surface area (Å²) in [4.78, 5) is 15.5. The molecule has 0 spiro atoms. The zero-order chi connectivity index (χ0) is 35.3. The molecule has 0 fully saturated rings. The second-order valence-corrected chi connectivity index (χ2v) is 13.4. The third kappa shape index (κ3) is 5.28. The lowest BCUT2D eigenvalue weighted by molar-refractivity contribution is 0.668. The maximum Gasteiger partial charge on any atom is 0.164 e. The number of unbranched alkanes of at least 4 members (excludes halogenated alkanes) is 1. The molecular weight excluding hydrogens is 651 g/mol. The highest BCUT2D eigenvalue weighted by Crippen LogP contribution is 2.41. The first-order chi connectivity index (χ1) is 26.2. The second-order valence-electron chi connectivity index (χ2n) is 13.4. The molecule has 0 saturated carbocycles. The summed E-state index contributed by atoms with van der Waals surface area (Å²) >= 11 is 0. The molecule has 0 aliphatic heterocycles.